The summed E-state index contributed by atoms with van der Waals surface area (Å²) in [7, 11) is 0. The third-order valence-electron chi connectivity index (χ3n) is 3.06. The maximum absolute atomic E-state index is 5.29. The molecule has 1 unspecified atom stereocenters. The summed E-state index contributed by atoms with van der Waals surface area (Å²) in [5.74, 6) is 0. The zero-order valence-corrected chi connectivity index (χ0v) is 12.7. The predicted octanol–water partition coefficient (Wildman–Crippen LogP) is 3.63. The summed E-state index contributed by atoms with van der Waals surface area (Å²) in [4.78, 5) is 0. The van der Waals surface area contributed by atoms with E-state index >= 15 is 0 Å². The summed E-state index contributed by atoms with van der Waals surface area (Å²) in [5, 5.41) is 7.32. The molecule has 0 bridgehead atoms. The number of aryl methyl sites for hydroxylation is 2. The Kier molecular flexibility index (Phi) is 6.13. The molecule has 0 spiro atoms. The molecule has 2 N–H and O–H groups in total. The smallest absolute Gasteiger partial charge is 0.166 e. The Labute approximate surface area is 116 Å². The normalized spacial score (nSPS) is 12.0. The molecule has 3 heteroatoms. The first-order chi connectivity index (χ1) is 8.54. The van der Waals surface area contributed by atoms with Crippen LogP contribution in [-0.2, 0) is 0 Å². The summed E-state index contributed by atoms with van der Waals surface area (Å²) in [6.07, 6.45) is 2.34. The maximum Gasteiger partial charge on any atom is 0.166 e. The van der Waals surface area contributed by atoms with Crippen molar-refractivity contribution in [3.05, 3.63) is 34.9 Å². The van der Waals surface area contributed by atoms with Gasteiger partial charge in [-0.25, -0.2) is 0 Å². The largest absolute Gasteiger partial charge is 0.363 e. The Morgan fingerprint density at radius 2 is 2.06 bits per heavy atom. The molecule has 1 rings (SSSR count). The van der Waals surface area contributed by atoms with Crippen molar-refractivity contribution in [3.8, 4) is 0 Å². The van der Waals surface area contributed by atoms with E-state index in [1.54, 1.807) is 0 Å². The van der Waals surface area contributed by atoms with Gasteiger partial charge < -0.3 is 10.6 Å². The molecule has 1 aromatic rings. The van der Waals surface area contributed by atoms with E-state index in [0.29, 0.717) is 0 Å². The summed E-state index contributed by atoms with van der Waals surface area (Å²) in [5.41, 5.74) is 3.92. The quantitative estimate of drug-likeness (QED) is 0.627. The molecule has 0 aromatic heterocycles. The molecular formula is C15H24N2S. The zero-order chi connectivity index (χ0) is 13.5. The van der Waals surface area contributed by atoms with Crippen LogP contribution < -0.4 is 10.6 Å². The Hall–Kier alpha value is -1.09. The van der Waals surface area contributed by atoms with Crippen LogP contribution in [0.1, 0.15) is 49.4 Å². The minimum atomic E-state index is 0.243. The maximum atomic E-state index is 5.29. The second-order valence-corrected chi connectivity index (χ2v) is 5.24. The molecule has 0 radical (unpaired) electrons. The number of nitrogens with one attached hydrogen (secondary N) is 2. The van der Waals surface area contributed by atoms with E-state index in [2.05, 4.69) is 56.5 Å². The van der Waals surface area contributed by atoms with Gasteiger partial charge in [-0.15, -0.1) is 0 Å². The lowest BCUT2D eigenvalue weighted by Gasteiger charge is -2.19. The van der Waals surface area contributed by atoms with Crippen LogP contribution >= 0.6 is 12.2 Å². The van der Waals surface area contributed by atoms with Gasteiger partial charge in [0.15, 0.2) is 5.11 Å². The lowest BCUT2D eigenvalue weighted by molar-refractivity contribution is 0.679. The molecule has 0 aliphatic carbocycles. The molecule has 0 aliphatic rings. The Bertz CT molecular complexity index is 401. The summed E-state index contributed by atoms with van der Waals surface area (Å²) < 4.78 is 0. The molecule has 2 nitrogen and oxygen atoms in total. The number of rotatable bonds is 5. The number of hydrogen-bond donors (Lipinski definition) is 2. The summed E-state index contributed by atoms with van der Waals surface area (Å²) in [6, 6.07) is 6.78. The van der Waals surface area contributed by atoms with Gasteiger partial charge in [-0.05, 0) is 50.5 Å². The topological polar surface area (TPSA) is 24.1 Å². The van der Waals surface area contributed by atoms with Gasteiger partial charge in [-0.2, -0.15) is 0 Å². The highest BCUT2D eigenvalue weighted by molar-refractivity contribution is 7.80. The SMILES string of the molecule is CCCCNC(=S)NC(C)c1ccc(C)cc1C. The molecule has 100 valence electrons. The van der Waals surface area contributed by atoms with E-state index in [9.17, 15) is 0 Å². The standard InChI is InChI=1S/C15H24N2S/c1-5-6-9-16-15(18)17-13(4)14-8-7-11(2)10-12(14)3/h7-8,10,13H,5-6,9H2,1-4H3,(H2,16,17,18). The minimum absolute atomic E-state index is 0.243. The van der Waals surface area contributed by atoms with Crippen molar-refractivity contribution in [1.82, 2.24) is 10.6 Å². The molecule has 1 atom stereocenters. The van der Waals surface area contributed by atoms with Crippen LogP contribution in [0, 0.1) is 13.8 Å². The fourth-order valence-corrected chi connectivity index (χ4v) is 2.29. The van der Waals surface area contributed by atoms with Gasteiger partial charge in [0.05, 0.1) is 6.04 Å². The molecule has 18 heavy (non-hydrogen) atoms. The molecule has 0 heterocycles. The number of hydrogen-bond acceptors (Lipinski definition) is 1. The molecule has 0 amide bonds. The van der Waals surface area contributed by atoms with E-state index < -0.39 is 0 Å². The van der Waals surface area contributed by atoms with Gasteiger partial charge in [-0.3, -0.25) is 0 Å². The van der Waals surface area contributed by atoms with Crippen LogP contribution in [0.4, 0.5) is 0 Å². The van der Waals surface area contributed by atoms with Crippen molar-refractivity contribution >= 4 is 17.3 Å². The highest BCUT2D eigenvalue weighted by atomic mass is 32.1. The highest BCUT2D eigenvalue weighted by Gasteiger charge is 2.09. The van der Waals surface area contributed by atoms with E-state index in [1.807, 2.05) is 0 Å². The van der Waals surface area contributed by atoms with Crippen molar-refractivity contribution in [3.63, 3.8) is 0 Å². The van der Waals surface area contributed by atoms with Gasteiger partial charge >= 0.3 is 0 Å². The second kappa shape index (κ2) is 7.37. The van der Waals surface area contributed by atoms with Crippen molar-refractivity contribution < 1.29 is 0 Å². The molecule has 0 aliphatic heterocycles. The number of benzene rings is 1. The van der Waals surface area contributed by atoms with Crippen LogP contribution in [0.5, 0.6) is 0 Å². The highest BCUT2D eigenvalue weighted by Crippen LogP contribution is 2.18. The van der Waals surface area contributed by atoms with Crippen LogP contribution in [-0.4, -0.2) is 11.7 Å². The third-order valence-corrected chi connectivity index (χ3v) is 3.32. The van der Waals surface area contributed by atoms with Crippen LogP contribution in [0.25, 0.3) is 0 Å². The Morgan fingerprint density at radius 3 is 2.67 bits per heavy atom. The van der Waals surface area contributed by atoms with Crippen molar-refractivity contribution in [2.45, 2.75) is 46.6 Å². The van der Waals surface area contributed by atoms with Gasteiger partial charge in [-0.1, -0.05) is 37.1 Å². The Balaban J connectivity index is 2.54. The first kappa shape index (κ1) is 15.0. The average molecular weight is 264 g/mol. The first-order valence-electron chi connectivity index (χ1n) is 6.66. The van der Waals surface area contributed by atoms with Gasteiger partial charge in [0.2, 0.25) is 0 Å². The van der Waals surface area contributed by atoms with Crippen LogP contribution in [0.3, 0.4) is 0 Å². The fraction of sp³-hybridized carbons (Fsp3) is 0.533. The lowest BCUT2D eigenvalue weighted by Crippen LogP contribution is -2.37. The predicted molar refractivity (Wildman–Crippen MR) is 83.0 cm³/mol. The molecule has 0 saturated heterocycles. The number of unbranched alkanes of at least 4 members (excludes halogenated alkanes) is 1. The monoisotopic (exact) mass is 264 g/mol. The molecule has 0 fully saturated rings. The molecule has 1 aromatic carbocycles. The first-order valence-corrected chi connectivity index (χ1v) is 7.07. The minimum Gasteiger partial charge on any atom is -0.363 e. The van der Waals surface area contributed by atoms with Crippen molar-refractivity contribution in [2.24, 2.45) is 0 Å². The van der Waals surface area contributed by atoms with E-state index in [0.717, 1.165) is 18.1 Å². The van der Waals surface area contributed by atoms with E-state index in [4.69, 9.17) is 12.2 Å². The van der Waals surface area contributed by atoms with Gasteiger partial charge in [0.1, 0.15) is 0 Å². The number of thiocarbonyl (C=S) groups is 1. The van der Waals surface area contributed by atoms with E-state index in [-0.39, 0.29) is 6.04 Å². The van der Waals surface area contributed by atoms with Crippen LogP contribution in [0.15, 0.2) is 18.2 Å². The van der Waals surface area contributed by atoms with Gasteiger partial charge in [0, 0.05) is 6.54 Å². The summed E-state index contributed by atoms with van der Waals surface area (Å²) >= 11 is 5.29. The molecular weight excluding hydrogens is 240 g/mol. The average Bonchev–Trinajstić information content (AvgIpc) is 2.28. The molecule has 0 saturated carbocycles. The zero-order valence-electron chi connectivity index (χ0n) is 11.8. The van der Waals surface area contributed by atoms with Crippen LogP contribution in [0.2, 0.25) is 0 Å². The van der Waals surface area contributed by atoms with Gasteiger partial charge in [0.25, 0.3) is 0 Å². The third kappa shape index (κ3) is 4.65. The fourth-order valence-electron chi connectivity index (χ4n) is 2.02. The second-order valence-electron chi connectivity index (χ2n) is 4.84. The Morgan fingerprint density at radius 1 is 1.33 bits per heavy atom. The summed E-state index contributed by atoms with van der Waals surface area (Å²) in [6.45, 7) is 9.53. The lowest BCUT2D eigenvalue weighted by atomic mass is 10.0. The van der Waals surface area contributed by atoms with E-state index in [1.165, 1.54) is 23.1 Å². The van der Waals surface area contributed by atoms with Crippen molar-refractivity contribution in [1.29, 1.82) is 0 Å². The van der Waals surface area contributed by atoms with Crippen molar-refractivity contribution in [2.75, 3.05) is 6.54 Å².